The SMILES string of the molecule is C[C@H]1CCCC[C@]12NC(=O)N(CN(C)Cc1ccc(Cl)s1)C2=O. The number of urea groups is 1. The summed E-state index contributed by atoms with van der Waals surface area (Å²) in [6, 6.07) is 3.57. The molecule has 0 aromatic carbocycles. The van der Waals surface area contributed by atoms with E-state index in [4.69, 9.17) is 11.6 Å². The van der Waals surface area contributed by atoms with Gasteiger partial charge in [0.2, 0.25) is 0 Å². The molecule has 7 heteroatoms. The first-order chi connectivity index (χ1) is 10.9. The fraction of sp³-hybridized carbons (Fsp3) is 0.625. The molecule has 1 aromatic rings. The van der Waals surface area contributed by atoms with Crippen molar-refractivity contribution in [2.45, 2.75) is 44.7 Å². The maximum atomic E-state index is 12.9. The van der Waals surface area contributed by atoms with Gasteiger partial charge in [0, 0.05) is 11.4 Å². The van der Waals surface area contributed by atoms with E-state index in [2.05, 4.69) is 12.2 Å². The van der Waals surface area contributed by atoms with E-state index < -0.39 is 5.54 Å². The summed E-state index contributed by atoms with van der Waals surface area (Å²) in [5.41, 5.74) is -0.678. The lowest BCUT2D eigenvalue weighted by molar-refractivity contribution is -0.135. The van der Waals surface area contributed by atoms with E-state index in [0.717, 1.165) is 34.9 Å². The standard InChI is InChI=1S/C16H22ClN3O2S/c1-11-5-3-4-8-16(11)14(21)20(15(22)18-16)10-19(2)9-12-6-7-13(17)23-12/h6-7,11H,3-5,8-10H2,1-2H3,(H,18,22)/t11-,16-/m0/s1. The van der Waals surface area contributed by atoms with E-state index in [1.165, 1.54) is 16.2 Å². The summed E-state index contributed by atoms with van der Waals surface area (Å²) in [6.45, 7) is 3.03. The van der Waals surface area contributed by atoms with Crippen LogP contribution in [0.2, 0.25) is 4.34 Å². The Bertz CT molecular complexity index is 620. The average molecular weight is 356 g/mol. The second kappa shape index (κ2) is 6.42. The summed E-state index contributed by atoms with van der Waals surface area (Å²) in [4.78, 5) is 29.7. The molecule has 1 spiro atoms. The van der Waals surface area contributed by atoms with Crippen LogP contribution in [-0.4, -0.2) is 41.0 Å². The molecule has 2 heterocycles. The van der Waals surface area contributed by atoms with Crippen molar-refractivity contribution in [3.63, 3.8) is 0 Å². The van der Waals surface area contributed by atoms with Gasteiger partial charge < -0.3 is 5.32 Å². The molecule has 3 amide bonds. The fourth-order valence-corrected chi connectivity index (χ4v) is 4.79. The van der Waals surface area contributed by atoms with E-state index in [-0.39, 0.29) is 17.9 Å². The van der Waals surface area contributed by atoms with Crippen molar-refractivity contribution < 1.29 is 9.59 Å². The lowest BCUT2D eigenvalue weighted by Gasteiger charge is -2.37. The van der Waals surface area contributed by atoms with Gasteiger partial charge in [0.1, 0.15) is 5.54 Å². The quantitative estimate of drug-likeness (QED) is 0.843. The fourth-order valence-electron chi connectivity index (χ4n) is 3.62. The molecule has 0 unspecified atom stereocenters. The van der Waals surface area contributed by atoms with E-state index in [0.29, 0.717) is 13.2 Å². The summed E-state index contributed by atoms with van der Waals surface area (Å²) >= 11 is 7.46. The van der Waals surface area contributed by atoms with Crippen LogP contribution in [0.25, 0.3) is 0 Å². The molecule has 1 aromatic heterocycles. The second-order valence-corrected chi connectivity index (χ2v) is 8.44. The highest BCUT2D eigenvalue weighted by Crippen LogP contribution is 2.38. The van der Waals surface area contributed by atoms with Gasteiger partial charge in [-0.2, -0.15) is 0 Å². The molecule has 126 valence electrons. The zero-order valence-corrected chi connectivity index (χ0v) is 15.0. The van der Waals surface area contributed by atoms with Gasteiger partial charge in [0.15, 0.2) is 0 Å². The summed E-state index contributed by atoms with van der Waals surface area (Å²) in [5, 5.41) is 2.98. The van der Waals surface area contributed by atoms with Gasteiger partial charge >= 0.3 is 6.03 Å². The number of hydrogen-bond donors (Lipinski definition) is 1. The van der Waals surface area contributed by atoms with Gasteiger partial charge in [-0.1, -0.05) is 31.4 Å². The number of halogens is 1. The smallest absolute Gasteiger partial charge is 0.323 e. The predicted molar refractivity (Wildman–Crippen MR) is 91.4 cm³/mol. The molecule has 1 aliphatic carbocycles. The van der Waals surface area contributed by atoms with Gasteiger partial charge in [-0.15, -0.1) is 11.3 Å². The Kier molecular flexibility index (Phi) is 4.67. The van der Waals surface area contributed by atoms with Crippen LogP contribution in [0.4, 0.5) is 4.79 Å². The third kappa shape index (κ3) is 3.12. The summed E-state index contributed by atoms with van der Waals surface area (Å²) < 4.78 is 0.748. The van der Waals surface area contributed by atoms with Crippen molar-refractivity contribution in [1.82, 2.24) is 15.1 Å². The van der Waals surface area contributed by atoms with E-state index in [1.54, 1.807) is 0 Å². The summed E-state index contributed by atoms with van der Waals surface area (Å²) in [7, 11) is 1.91. The molecule has 2 fully saturated rings. The van der Waals surface area contributed by atoms with Crippen LogP contribution >= 0.6 is 22.9 Å². The first kappa shape index (κ1) is 16.7. The van der Waals surface area contributed by atoms with Crippen LogP contribution in [0.1, 0.15) is 37.5 Å². The maximum absolute atomic E-state index is 12.9. The number of imide groups is 1. The van der Waals surface area contributed by atoms with Crippen LogP contribution in [0.3, 0.4) is 0 Å². The van der Waals surface area contributed by atoms with Crippen LogP contribution in [0.5, 0.6) is 0 Å². The van der Waals surface area contributed by atoms with E-state index in [1.807, 2.05) is 24.1 Å². The highest BCUT2D eigenvalue weighted by atomic mass is 35.5. The number of thiophene rings is 1. The lowest BCUT2D eigenvalue weighted by Crippen LogP contribution is -2.54. The van der Waals surface area contributed by atoms with Gasteiger partial charge in [-0.05, 0) is 37.9 Å². The van der Waals surface area contributed by atoms with E-state index >= 15 is 0 Å². The third-order valence-corrected chi connectivity index (χ3v) is 6.15. The zero-order chi connectivity index (χ0) is 16.6. The van der Waals surface area contributed by atoms with Crippen molar-refractivity contribution in [2.75, 3.05) is 13.7 Å². The maximum Gasteiger partial charge on any atom is 0.326 e. The first-order valence-electron chi connectivity index (χ1n) is 7.99. The molecule has 0 radical (unpaired) electrons. The molecule has 1 saturated heterocycles. The van der Waals surface area contributed by atoms with Crippen LogP contribution < -0.4 is 5.32 Å². The van der Waals surface area contributed by atoms with Crippen molar-refractivity contribution in [3.05, 3.63) is 21.3 Å². The molecular formula is C16H22ClN3O2S. The molecule has 2 aliphatic rings. The molecule has 3 rings (SSSR count). The number of amides is 3. The number of hydrogen-bond acceptors (Lipinski definition) is 4. The van der Waals surface area contributed by atoms with Crippen LogP contribution in [0.15, 0.2) is 12.1 Å². The molecule has 1 N–H and O–H groups in total. The largest absolute Gasteiger partial charge is 0.326 e. The van der Waals surface area contributed by atoms with Crippen molar-refractivity contribution in [1.29, 1.82) is 0 Å². The van der Waals surface area contributed by atoms with Gasteiger partial charge in [0.05, 0.1) is 11.0 Å². The summed E-state index contributed by atoms with van der Waals surface area (Å²) in [6.07, 6.45) is 3.86. The number of carbonyl (C=O) groups excluding carboxylic acids is 2. The number of nitrogens with zero attached hydrogens (tertiary/aromatic N) is 2. The Morgan fingerprint density at radius 1 is 1.43 bits per heavy atom. The Morgan fingerprint density at radius 3 is 2.87 bits per heavy atom. The van der Waals surface area contributed by atoms with Gasteiger partial charge in [-0.25, -0.2) is 9.69 Å². The minimum absolute atomic E-state index is 0.0641. The minimum Gasteiger partial charge on any atom is -0.323 e. The highest BCUT2D eigenvalue weighted by Gasteiger charge is 2.54. The lowest BCUT2D eigenvalue weighted by atomic mass is 9.73. The molecule has 0 bridgehead atoms. The molecular weight excluding hydrogens is 334 g/mol. The predicted octanol–water partition coefficient (Wildman–Crippen LogP) is 3.29. The Balaban J connectivity index is 1.68. The highest BCUT2D eigenvalue weighted by molar-refractivity contribution is 7.16. The van der Waals surface area contributed by atoms with Crippen molar-refractivity contribution in [2.24, 2.45) is 5.92 Å². The summed E-state index contributed by atoms with van der Waals surface area (Å²) in [5.74, 6) is 0.130. The Labute approximate surface area is 145 Å². The third-order valence-electron chi connectivity index (χ3n) is 4.94. The van der Waals surface area contributed by atoms with Crippen LogP contribution in [-0.2, 0) is 11.3 Å². The number of carbonyl (C=O) groups is 2. The minimum atomic E-state index is -0.678. The zero-order valence-electron chi connectivity index (χ0n) is 13.5. The number of nitrogens with one attached hydrogen (secondary N) is 1. The second-order valence-electron chi connectivity index (χ2n) is 6.64. The van der Waals surface area contributed by atoms with Gasteiger partial charge in [-0.3, -0.25) is 9.69 Å². The first-order valence-corrected chi connectivity index (χ1v) is 9.19. The average Bonchev–Trinajstić information content (AvgIpc) is 3.00. The molecule has 5 nitrogen and oxygen atoms in total. The monoisotopic (exact) mass is 355 g/mol. The normalized spacial score (nSPS) is 28.0. The molecule has 2 atom stereocenters. The molecule has 23 heavy (non-hydrogen) atoms. The number of rotatable bonds is 4. The van der Waals surface area contributed by atoms with Crippen molar-refractivity contribution in [3.8, 4) is 0 Å². The Morgan fingerprint density at radius 2 is 2.22 bits per heavy atom. The van der Waals surface area contributed by atoms with E-state index in [9.17, 15) is 9.59 Å². The van der Waals surface area contributed by atoms with Gasteiger partial charge in [0.25, 0.3) is 5.91 Å². The molecule has 1 aliphatic heterocycles. The molecule has 1 saturated carbocycles. The van der Waals surface area contributed by atoms with Crippen molar-refractivity contribution >= 4 is 34.9 Å². The topological polar surface area (TPSA) is 52.7 Å². The Hall–Kier alpha value is -1.11. The van der Waals surface area contributed by atoms with Crippen LogP contribution in [0, 0.1) is 5.92 Å².